The maximum atomic E-state index is 5.69. The highest BCUT2D eigenvalue weighted by Crippen LogP contribution is 2.31. The van der Waals surface area contributed by atoms with Crippen LogP contribution in [-0.2, 0) is 6.54 Å². The number of hydrogen-bond donors (Lipinski definition) is 1. The third-order valence-electron chi connectivity index (χ3n) is 4.49. The number of rotatable bonds is 10. The minimum Gasteiger partial charge on any atom is -0.496 e. The zero-order valence-corrected chi connectivity index (χ0v) is 15.7. The van der Waals surface area contributed by atoms with Crippen molar-refractivity contribution < 1.29 is 4.74 Å². The first-order valence-corrected chi connectivity index (χ1v) is 9.22. The van der Waals surface area contributed by atoms with Gasteiger partial charge in [0, 0.05) is 35.8 Å². The number of benzene rings is 1. The number of hydrogen-bond acceptors (Lipinski definition) is 2. The molecule has 24 heavy (non-hydrogen) atoms. The Bertz CT molecular complexity index is 657. The lowest BCUT2D eigenvalue weighted by molar-refractivity contribution is 0.267. The van der Waals surface area contributed by atoms with Crippen molar-refractivity contribution in [3.63, 3.8) is 0 Å². The van der Waals surface area contributed by atoms with Crippen LogP contribution in [0.2, 0.25) is 0 Å². The number of nitrogens with one attached hydrogen (secondary N) is 1. The minimum absolute atomic E-state index is 0.938. The van der Waals surface area contributed by atoms with E-state index in [1.165, 1.54) is 41.3 Å². The van der Waals surface area contributed by atoms with Crippen molar-refractivity contribution in [1.29, 1.82) is 0 Å². The molecule has 1 N–H and O–H groups in total. The van der Waals surface area contributed by atoms with Crippen LogP contribution in [0.5, 0.6) is 5.75 Å². The number of aryl methyl sites for hydroxylation is 1. The molecule has 3 heteroatoms. The van der Waals surface area contributed by atoms with Gasteiger partial charge in [-0.3, -0.25) is 4.90 Å². The van der Waals surface area contributed by atoms with Crippen molar-refractivity contribution in [2.75, 3.05) is 20.2 Å². The Morgan fingerprint density at radius 2 is 1.92 bits per heavy atom. The fraction of sp³-hybridized carbons (Fsp3) is 0.524. The summed E-state index contributed by atoms with van der Waals surface area (Å²) in [5, 5.41) is 1.29. The summed E-state index contributed by atoms with van der Waals surface area (Å²) >= 11 is 0. The molecule has 0 radical (unpaired) electrons. The largest absolute Gasteiger partial charge is 0.496 e. The van der Waals surface area contributed by atoms with Crippen LogP contribution in [0.3, 0.4) is 0 Å². The van der Waals surface area contributed by atoms with Gasteiger partial charge in [-0.25, -0.2) is 0 Å². The molecule has 0 aliphatic carbocycles. The van der Waals surface area contributed by atoms with Gasteiger partial charge in [0.05, 0.1) is 7.11 Å². The lowest BCUT2D eigenvalue weighted by Crippen LogP contribution is -2.25. The van der Waals surface area contributed by atoms with Gasteiger partial charge in [0.15, 0.2) is 0 Å². The van der Waals surface area contributed by atoms with Crippen LogP contribution in [0, 0.1) is 6.92 Å². The zero-order valence-electron chi connectivity index (χ0n) is 15.7. The van der Waals surface area contributed by atoms with E-state index in [0.717, 1.165) is 31.8 Å². The molecular formula is C21H32N2O. The van der Waals surface area contributed by atoms with E-state index in [0.29, 0.717) is 0 Å². The van der Waals surface area contributed by atoms with Gasteiger partial charge in [-0.1, -0.05) is 32.4 Å². The fourth-order valence-corrected chi connectivity index (χ4v) is 3.25. The van der Waals surface area contributed by atoms with Gasteiger partial charge in [0.2, 0.25) is 0 Å². The summed E-state index contributed by atoms with van der Waals surface area (Å²) in [6.07, 6.45) is 11.3. The summed E-state index contributed by atoms with van der Waals surface area (Å²) < 4.78 is 5.69. The highest BCUT2D eigenvalue weighted by atomic mass is 16.5. The molecule has 0 bridgehead atoms. The minimum atomic E-state index is 0.938. The van der Waals surface area contributed by atoms with Crippen molar-refractivity contribution in [2.24, 2.45) is 0 Å². The summed E-state index contributed by atoms with van der Waals surface area (Å²) in [6.45, 7) is 9.75. The number of H-pyrrole nitrogens is 1. The molecule has 132 valence electrons. The molecule has 0 unspecified atom stereocenters. The lowest BCUT2D eigenvalue weighted by atomic mass is 10.0. The Morgan fingerprint density at radius 3 is 2.62 bits per heavy atom. The van der Waals surface area contributed by atoms with Gasteiger partial charge in [-0.2, -0.15) is 0 Å². The number of allylic oxidation sites excluding steroid dienone is 1. The number of nitrogens with zero attached hydrogens (tertiary/aromatic N) is 1. The van der Waals surface area contributed by atoms with Crippen LogP contribution in [0.4, 0.5) is 0 Å². The molecule has 0 aliphatic heterocycles. The van der Waals surface area contributed by atoms with Crippen LogP contribution in [0.1, 0.15) is 50.7 Å². The highest BCUT2D eigenvalue weighted by molar-refractivity contribution is 5.88. The Labute approximate surface area is 146 Å². The molecule has 0 amide bonds. The van der Waals surface area contributed by atoms with E-state index < -0.39 is 0 Å². The van der Waals surface area contributed by atoms with E-state index in [9.17, 15) is 0 Å². The molecule has 3 nitrogen and oxygen atoms in total. The molecule has 0 spiro atoms. The van der Waals surface area contributed by atoms with Crippen molar-refractivity contribution in [3.8, 4) is 5.75 Å². The highest BCUT2D eigenvalue weighted by Gasteiger charge is 2.15. The number of fused-ring (bicyclic) bond motifs is 1. The van der Waals surface area contributed by atoms with Crippen LogP contribution in [0.25, 0.3) is 10.9 Å². The first-order valence-electron chi connectivity index (χ1n) is 9.22. The third kappa shape index (κ3) is 4.64. The number of ether oxygens (including phenoxy) is 1. The third-order valence-corrected chi connectivity index (χ3v) is 4.49. The molecule has 1 aromatic carbocycles. The van der Waals surface area contributed by atoms with E-state index in [1.54, 1.807) is 7.11 Å². The molecule has 0 saturated carbocycles. The molecule has 1 aromatic heterocycles. The smallest absolute Gasteiger partial charge is 0.124 e. The van der Waals surface area contributed by atoms with Gasteiger partial charge < -0.3 is 9.72 Å². The molecule has 0 fully saturated rings. The van der Waals surface area contributed by atoms with E-state index in [2.05, 4.69) is 54.9 Å². The van der Waals surface area contributed by atoms with E-state index in [-0.39, 0.29) is 0 Å². The number of unbranched alkanes of at least 4 members (excludes halogenated alkanes) is 1. The monoisotopic (exact) mass is 328 g/mol. The maximum absolute atomic E-state index is 5.69. The average molecular weight is 328 g/mol. The summed E-state index contributed by atoms with van der Waals surface area (Å²) in [4.78, 5) is 5.90. The van der Waals surface area contributed by atoms with Crippen molar-refractivity contribution >= 4 is 10.9 Å². The van der Waals surface area contributed by atoms with E-state index in [4.69, 9.17) is 4.74 Å². The first kappa shape index (κ1) is 18.6. The second kappa shape index (κ2) is 9.53. The van der Waals surface area contributed by atoms with Gasteiger partial charge in [0.1, 0.15) is 5.75 Å². The van der Waals surface area contributed by atoms with Gasteiger partial charge in [-0.05, 0) is 50.4 Å². The SMILES string of the molecule is CCCC=CCCN(CCC)Cc1c(OC)cc(C)c2[nH]ccc12. The molecular weight excluding hydrogens is 296 g/mol. The van der Waals surface area contributed by atoms with Crippen LogP contribution < -0.4 is 4.74 Å². The summed E-state index contributed by atoms with van der Waals surface area (Å²) in [6, 6.07) is 4.32. The van der Waals surface area contributed by atoms with Crippen molar-refractivity contribution in [1.82, 2.24) is 9.88 Å². The van der Waals surface area contributed by atoms with Crippen LogP contribution >= 0.6 is 0 Å². The number of methoxy groups -OCH3 is 1. The van der Waals surface area contributed by atoms with Crippen LogP contribution in [-0.4, -0.2) is 30.1 Å². The van der Waals surface area contributed by atoms with Gasteiger partial charge in [-0.15, -0.1) is 0 Å². The second-order valence-corrected chi connectivity index (χ2v) is 6.47. The summed E-state index contributed by atoms with van der Waals surface area (Å²) in [5.74, 6) is 1.00. The molecule has 2 aromatic rings. The summed E-state index contributed by atoms with van der Waals surface area (Å²) in [7, 11) is 1.77. The standard InChI is InChI=1S/C21H32N2O/c1-5-7-8-9-10-14-23(13-6-2)16-19-18-11-12-22-21(18)17(3)15-20(19)24-4/h8-9,11-12,15,22H,5-7,10,13-14,16H2,1-4H3. The van der Waals surface area contributed by atoms with Crippen LogP contribution in [0.15, 0.2) is 30.5 Å². The predicted octanol–water partition coefficient (Wildman–Crippen LogP) is 5.44. The molecule has 2 rings (SSSR count). The average Bonchev–Trinajstić information content (AvgIpc) is 3.07. The first-order chi connectivity index (χ1) is 11.7. The van der Waals surface area contributed by atoms with E-state index >= 15 is 0 Å². The van der Waals surface area contributed by atoms with Crippen molar-refractivity contribution in [3.05, 3.63) is 41.6 Å². The number of aromatic amines is 1. The van der Waals surface area contributed by atoms with E-state index in [1.807, 2.05) is 6.20 Å². The Morgan fingerprint density at radius 1 is 1.12 bits per heavy atom. The lowest BCUT2D eigenvalue weighted by Gasteiger charge is -2.23. The normalized spacial score (nSPS) is 11.9. The van der Waals surface area contributed by atoms with Gasteiger partial charge in [0.25, 0.3) is 0 Å². The van der Waals surface area contributed by atoms with Gasteiger partial charge >= 0.3 is 0 Å². The molecule has 0 aliphatic rings. The topological polar surface area (TPSA) is 28.3 Å². The predicted molar refractivity (Wildman–Crippen MR) is 104 cm³/mol. The summed E-state index contributed by atoms with van der Waals surface area (Å²) in [5.41, 5.74) is 3.76. The maximum Gasteiger partial charge on any atom is 0.124 e. The quantitative estimate of drug-likeness (QED) is 0.588. The molecule has 0 saturated heterocycles. The van der Waals surface area contributed by atoms with Crippen molar-refractivity contribution in [2.45, 2.75) is 53.0 Å². The second-order valence-electron chi connectivity index (χ2n) is 6.47. The molecule has 1 heterocycles. The fourth-order valence-electron chi connectivity index (χ4n) is 3.25. The zero-order chi connectivity index (χ0) is 17.4. The Balaban J connectivity index is 2.17. The Kier molecular flexibility index (Phi) is 7.38. The number of aromatic nitrogens is 1. The Hall–Kier alpha value is -1.74. The molecule has 0 atom stereocenters.